The number of hydrogen-bond acceptors (Lipinski definition) is 3. The van der Waals surface area contributed by atoms with E-state index in [1.165, 1.54) is 0 Å². The standard InChI is InChI=1S/C6H10NOS2/c1-6(10-8)3-2-4-7-5-9/h6H,2-4H2,1H3/q+1. The van der Waals surface area contributed by atoms with E-state index in [1.54, 1.807) is 0 Å². The first kappa shape index (κ1) is 9.82. The van der Waals surface area contributed by atoms with E-state index in [-0.39, 0.29) is 5.25 Å². The van der Waals surface area contributed by atoms with Crippen LogP contribution >= 0.6 is 12.2 Å². The Bertz CT molecular complexity index is 143. The molecule has 56 valence electrons. The molecule has 0 aromatic rings. The molecule has 0 radical (unpaired) electrons. The van der Waals surface area contributed by atoms with Crippen molar-refractivity contribution in [2.24, 2.45) is 4.99 Å². The number of nitrogens with zero attached hydrogens (tertiary/aromatic N) is 1. The molecule has 0 aromatic carbocycles. The van der Waals surface area contributed by atoms with Crippen LogP contribution in [0.5, 0.6) is 0 Å². The van der Waals surface area contributed by atoms with Gasteiger partial charge in [-0.3, -0.25) is 0 Å². The Labute approximate surface area is 70.2 Å². The predicted octanol–water partition coefficient (Wildman–Crippen LogP) is 1.69. The van der Waals surface area contributed by atoms with Crippen molar-refractivity contribution < 1.29 is 4.21 Å². The molecule has 1 atom stereocenters. The molecule has 2 nitrogen and oxygen atoms in total. The van der Waals surface area contributed by atoms with Gasteiger partial charge in [0.2, 0.25) is 5.25 Å². The molecule has 10 heavy (non-hydrogen) atoms. The van der Waals surface area contributed by atoms with E-state index in [2.05, 4.69) is 22.4 Å². The van der Waals surface area contributed by atoms with Gasteiger partial charge in [-0.2, -0.15) is 0 Å². The maximum atomic E-state index is 10.1. The summed E-state index contributed by atoms with van der Waals surface area (Å²) in [6.07, 6.45) is 1.84. The zero-order valence-corrected chi connectivity index (χ0v) is 7.50. The fourth-order valence-corrected chi connectivity index (χ4v) is 0.906. The van der Waals surface area contributed by atoms with Crippen molar-refractivity contribution in [1.29, 1.82) is 0 Å². The van der Waals surface area contributed by atoms with Crippen LogP contribution in [-0.2, 0) is 15.9 Å². The van der Waals surface area contributed by atoms with Crippen molar-refractivity contribution in [2.45, 2.75) is 25.0 Å². The monoisotopic (exact) mass is 176 g/mol. The summed E-state index contributed by atoms with van der Waals surface area (Å²) < 4.78 is 10.1. The Morgan fingerprint density at radius 3 is 3.00 bits per heavy atom. The summed E-state index contributed by atoms with van der Waals surface area (Å²) in [5, 5.41) is 2.48. The molecular weight excluding hydrogens is 166 g/mol. The van der Waals surface area contributed by atoms with Crippen LogP contribution in [0.3, 0.4) is 0 Å². The van der Waals surface area contributed by atoms with Crippen LogP contribution in [0.1, 0.15) is 19.8 Å². The summed E-state index contributed by atoms with van der Waals surface area (Å²) in [4.78, 5) is 3.73. The Balaban J connectivity index is 3.18. The highest BCUT2D eigenvalue weighted by atomic mass is 32.1. The molecule has 0 fully saturated rings. The van der Waals surface area contributed by atoms with Crippen molar-refractivity contribution in [3.63, 3.8) is 0 Å². The number of isothiocyanates is 1. The smallest absolute Gasteiger partial charge is 0.233 e. The van der Waals surface area contributed by atoms with E-state index >= 15 is 0 Å². The fourth-order valence-electron chi connectivity index (χ4n) is 0.552. The normalized spacial score (nSPS) is 11.7. The van der Waals surface area contributed by atoms with Gasteiger partial charge in [0.15, 0.2) is 0 Å². The minimum atomic E-state index is 0.195. The van der Waals surface area contributed by atoms with Crippen LogP contribution in [-0.4, -0.2) is 17.0 Å². The third kappa shape index (κ3) is 5.95. The number of hydrogen-bond donors (Lipinski definition) is 0. The van der Waals surface area contributed by atoms with Crippen molar-refractivity contribution in [3.8, 4) is 0 Å². The molecule has 0 aliphatic heterocycles. The Morgan fingerprint density at radius 2 is 2.50 bits per heavy atom. The van der Waals surface area contributed by atoms with Crippen LogP contribution < -0.4 is 0 Å². The van der Waals surface area contributed by atoms with Crippen molar-refractivity contribution in [1.82, 2.24) is 0 Å². The molecule has 0 heterocycles. The zero-order valence-electron chi connectivity index (χ0n) is 5.87. The molecular formula is C6H10NOS2+. The first-order chi connectivity index (χ1) is 4.81. The topological polar surface area (TPSA) is 29.4 Å². The van der Waals surface area contributed by atoms with Gasteiger partial charge in [-0.25, -0.2) is 4.99 Å². The van der Waals surface area contributed by atoms with Crippen LogP contribution in [0, 0.1) is 0 Å². The number of aliphatic imine (C=N–C) groups is 1. The highest BCUT2D eigenvalue weighted by Crippen LogP contribution is 1.97. The minimum absolute atomic E-state index is 0.195. The van der Waals surface area contributed by atoms with Crippen LogP contribution in [0.4, 0.5) is 0 Å². The number of thiocarbonyl (C=S) groups is 1. The maximum Gasteiger partial charge on any atom is 0.461 e. The second-order valence-electron chi connectivity index (χ2n) is 2.02. The molecule has 0 saturated carbocycles. The summed E-state index contributed by atoms with van der Waals surface area (Å²) in [6, 6.07) is 0. The third-order valence-electron chi connectivity index (χ3n) is 1.11. The van der Waals surface area contributed by atoms with E-state index in [1.807, 2.05) is 6.92 Å². The molecule has 0 N–H and O–H groups in total. The van der Waals surface area contributed by atoms with Crippen LogP contribution in [0.15, 0.2) is 4.99 Å². The lowest BCUT2D eigenvalue weighted by Gasteiger charge is -1.88. The molecule has 4 heteroatoms. The zero-order chi connectivity index (χ0) is 7.82. The van der Waals surface area contributed by atoms with E-state index < -0.39 is 0 Å². The highest BCUT2D eigenvalue weighted by molar-refractivity contribution is 7.78. The lowest BCUT2D eigenvalue weighted by atomic mass is 10.2. The van der Waals surface area contributed by atoms with Gasteiger partial charge in [0.25, 0.3) is 0 Å². The van der Waals surface area contributed by atoms with Gasteiger partial charge >= 0.3 is 11.7 Å². The Kier molecular flexibility index (Phi) is 6.81. The largest absolute Gasteiger partial charge is 0.461 e. The van der Waals surface area contributed by atoms with Gasteiger partial charge in [-0.15, -0.1) is 0 Å². The Hall–Kier alpha value is -0.180. The van der Waals surface area contributed by atoms with Crippen molar-refractivity contribution in [3.05, 3.63) is 0 Å². The van der Waals surface area contributed by atoms with Gasteiger partial charge < -0.3 is 0 Å². The summed E-state index contributed by atoms with van der Waals surface area (Å²) in [7, 11) is 0. The highest BCUT2D eigenvalue weighted by Gasteiger charge is 2.12. The quantitative estimate of drug-likeness (QED) is 0.276. The van der Waals surface area contributed by atoms with Gasteiger partial charge in [0.05, 0.1) is 5.16 Å². The average Bonchev–Trinajstić information content (AvgIpc) is 1.98. The third-order valence-corrected chi connectivity index (χ3v) is 1.80. The predicted molar refractivity (Wildman–Crippen MR) is 46.6 cm³/mol. The van der Waals surface area contributed by atoms with Gasteiger partial charge in [-0.1, -0.05) is 0 Å². The molecule has 0 rings (SSSR count). The molecule has 0 amide bonds. The molecule has 0 bridgehead atoms. The molecule has 0 saturated heterocycles. The summed E-state index contributed by atoms with van der Waals surface area (Å²) >= 11 is 5.02. The molecule has 0 aliphatic rings. The van der Waals surface area contributed by atoms with Crippen molar-refractivity contribution in [2.75, 3.05) is 6.54 Å². The number of rotatable bonds is 5. The van der Waals surface area contributed by atoms with E-state index in [0.717, 1.165) is 12.8 Å². The maximum absolute atomic E-state index is 10.1. The van der Waals surface area contributed by atoms with Gasteiger partial charge in [0.1, 0.15) is 0 Å². The first-order valence-corrected chi connectivity index (χ1v) is 4.34. The molecule has 0 aromatic heterocycles. The minimum Gasteiger partial charge on any atom is -0.233 e. The second-order valence-corrected chi connectivity index (χ2v) is 3.20. The summed E-state index contributed by atoms with van der Waals surface area (Å²) in [5.74, 6) is 0. The van der Waals surface area contributed by atoms with Crippen molar-refractivity contribution >= 4 is 29.0 Å². The Morgan fingerprint density at radius 1 is 1.80 bits per heavy atom. The van der Waals surface area contributed by atoms with Crippen LogP contribution in [0.2, 0.25) is 0 Å². The van der Waals surface area contributed by atoms with Crippen LogP contribution in [0.25, 0.3) is 0 Å². The summed E-state index contributed by atoms with van der Waals surface area (Å²) in [5.41, 5.74) is 0. The first-order valence-electron chi connectivity index (χ1n) is 3.13. The second kappa shape index (κ2) is 6.93. The molecule has 1 unspecified atom stereocenters. The van der Waals surface area contributed by atoms with E-state index in [0.29, 0.717) is 18.2 Å². The fraction of sp³-hybridized carbons (Fsp3) is 0.833. The lowest BCUT2D eigenvalue weighted by Crippen LogP contribution is -1.98. The van der Waals surface area contributed by atoms with Gasteiger partial charge in [0, 0.05) is 17.2 Å². The van der Waals surface area contributed by atoms with E-state index in [4.69, 9.17) is 0 Å². The van der Waals surface area contributed by atoms with Gasteiger partial charge in [-0.05, 0) is 25.6 Å². The SMILES string of the molecule is CC(CCCN=C=S)[S+]=O. The molecule has 0 aliphatic carbocycles. The summed E-state index contributed by atoms with van der Waals surface area (Å²) in [6.45, 7) is 2.62. The molecule has 0 spiro atoms. The average molecular weight is 176 g/mol. The van der Waals surface area contributed by atoms with E-state index in [9.17, 15) is 4.21 Å². The lowest BCUT2D eigenvalue weighted by molar-refractivity contribution is 0.594.